The molecule has 0 radical (unpaired) electrons. The van der Waals surface area contributed by atoms with Crippen LogP contribution >= 0.6 is 0 Å². The fourth-order valence-electron chi connectivity index (χ4n) is 4.78. The van der Waals surface area contributed by atoms with Crippen molar-refractivity contribution in [3.8, 4) is 11.3 Å². The van der Waals surface area contributed by atoms with E-state index in [1.165, 1.54) is 22.1 Å². The van der Waals surface area contributed by atoms with E-state index in [1.54, 1.807) is 5.32 Å². The minimum atomic E-state index is -4.68. The normalized spacial score (nSPS) is 15.0. The van der Waals surface area contributed by atoms with Gasteiger partial charge in [-0.25, -0.2) is 8.78 Å². The van der Waals surface area contributed by atoms with Gasteiger partial charge in [-0.1, -0.05) is 18.2 Å². The minimum absolute atomic E-state index is 0.0589. The van der Waals surface area contributed by atoms with Gasteiger partial charge in [0.05, 0.1) is 24.4 Å². The van der Waals surface area contributed by atoms with Gasteiger partial charge in [0.1, 0.15) is 29.8 Å². The molecule has 2 N–H and O–H groups in total. The van der Waals surface area contributed by atoms with E-state index in [4.69, 9.17) is 9.84 Å². The van der Waals surface area contributed by atoms with Gasteiger partial charge in [0.25, 0.3) is 5.91 Å². The number of aryl methyl sites for hydroxylation is 2. The van der Waals surface area contributed by atoms with Crippen LogP contribution in [0, 0.1) is 32.4 Å². The first-order valence-corrected chi connectivity index (χ1v) is 13.5. The number of aliphatic carboxylic acids is 1. The predicted octanol–water partition coefficient (Wildman–Crippen LogP) is 5.77. The van der Waals surface area contributed by atoms with E-state index in [-0.39, 0.29) is 13.2 Å². The molecule has 1 atom stereocenters. The summed E-state index contributed by atoms with van der Waals surface area (Å²) in [5.74, 6) is -5.54. The second kappa shape index (κ2) is 13.3. The molecule has 1 aliphatic heterocycles. The summed E-state index contributed by atoms with van der Waals surface area (Å²) >= 11 is 0. The van der Waals surface area contributed by atoms with Gasteiger partial charge in [-0.15, -0.1) is 0 Å². The Hall–Kier alpha value is -4.65. The summed E-state index contributed by atoms with van der Waals surface area (Å²) in [6, 6.07) is 9.53. The van der Waals surface area contributed by atoms with Crippen LogP contribution in [-0.2, 0) is 9.53 Å². The van der Waals surface area contributed by atoms with Crippen molar-refractivity contribution in [2.24, 2.45) is 0 Å². The number of ether oxygens (including phenoxy) is 1. The molecule has 0 bridgehead atoms. The third-order valence-electron chi connectivity index (χ3n) is 7.21. The summed E-state index contributed by atoms with van der Waals surface area (Å²) in [6.45, 7) is 4.50. The maximum Gasteiger partial charge on any atom is 0.411 e. The number of hydrogen-bond acceptors (Lipinski definition) is 6. The molecule has 4 aromatic rings. The van der Waals surface area contributed by atoms with Gasteiger partial charge in [-0.3, -0.25) is 19.6 Å². The number of morpholine rings is 1. The molecule has 232 valence electrons. The first-order chi connectivity index (χ1) is 20.8. The average Bonchev–Trinajstić information content (AvgIpc) is 2.98. The Labute approximate surface area is 249 Å². The minimum Gasteiger partial charge on any atom is -0.480 e. The Balaban J connectivity index is 0.000000208. The quantitative estimate of drug-likeness (QED) is 0.275. The highest BCUT2D eigenvalue weighted by Crippen LogP contribution is 2.33. The number of nitrogens with one attached hydrogen (secondary N) is 1. The van der Waals surface area contributed by atoms with Gasteiger partial charge in [-0.2, -0.15) is 13.2 Å². The summed E-state index contributed by atoms with van der Waals surface area (Å²) in [5, 5.41) is 11.4. The number of aromatic nitrogens is 2. The van der Waals surface area contributed by atoms with E-state index in [0.717, 1.165) is 21.7 Å². The summed E-state index contributed by atoms with van der Waals surface area (Å²) in [7, 11) is 0. The number of rotatable bonds is 5. The van der Waals surface area contributed by atoms with E-state index in [1.807, 2.05) is 24.5 Å². The molecule has 0 spiro atoms. The van der Waals surface area contributed by atoms with E-state index >= 15 is 0 Å². The molecule has 44 heavy (non-hydrogen) atoms. The van der Waals surface area contributed by atoms with E-state index in [2.05, 4.69) is 48.9 Å². The molecule has 3 heterocycles. The van der Waals surface area contributed by atoms with Crippen LogP contribution in [0.2, 0.25) is 0 Å². The van der Waals surface area contributed by atoms with Crippen molar-refractivity contribution in [1.29, 1.82) is 0 Å². The van der Waals surface area contributed by atoms with Gasteiger partial charge < -0.3 is 20.1 Å². The standard InChI is InChI=1S/C17H16N2.C14H13F5N2O4/c1-11-8-10-19-16(13(11)3)15-7-6-12(2)14-5-4-9-18-17(14)15;15-8-3-7(21-1-2-25-6-10(21)14(17,18)19)4-9(16)12(8)13(24)20-5-11(22)23/h4-10H,1-3H3;3-4,10H,1-2,5-6H2,(H,20,24)(H,22,23). The molecule has 5 rings (SSSR count). The summed E-state index contributed by atoms with van der Waals surface area (Å²) < 4.78 is 72.0. The number of carboxylic acids is 1. The summed E-state index contributed by atoms with van der Waals surface area (Å²) in [4.78, 5) is 31.8. The van der Waals surface area contributed by atoms with Crippen molar-refractivity contribution in [1.82, 2.24) is 15.3 Å². The lowest BCUT2D eigenvalue weighted by Crippen LogP contribution is -2.53. The molecule has 0 saturated carbocycles. The Kier molecular flexibility index (Phi) is 9.78. The molecule has 1 aliphatic rings. The van der Waals surface area contributed by atoms with Crippen LogP contribution in [-0.4, -0.2) is 65.5 Å². The van der Waals surface area contributed by atoms with Crippen LogP contribution in [0.25, 0.3) is 22.2 Å². The maximum atomic E-state index is 14.1. The summed E-state index contributed by atoms with van der Waals surface area (Å²) in [5.41, 5.74) is 5.44. The van der Waals surface area contributed by atoms with Crippen molar-refractivity contribution >= 4 is 28.5 Å². The zero-order valence-electron chi connectivity index (χ0n) is 24.0. The Morgan fingerprint density at radius 2 is 1.73 bits per heavy atom. The van der Waals surface area contributed by atoms with Crippen LogP contribution in [0.1, 0.15) is 27.0 Å². The number of fused-ring (bicyclic) bond motifs is 1. The number of anilines is 1. The van der Waals surface area contributed by atoms with Crippen LogP contribution in [0.15, 0.2) is 54.9 Å². The van der Waals surface area contributed by atoms with Crippen molar-refractivity contribution < 1.29 is 41.4 Å². The van der Waals surface area contributed by atoms with Crippen LogP contribution < -0.4 is 10.2 Å². The van der Waals surface area contributed by atoms with Gasteiger partial charge in [0, 0.05) is 35.6 Å². The van der Waals surface area contributed by atoms with Crippen molar-refractivity contribution in [3.05, 3.63) is 88.7 Å². The molecule has 2 aromatic carbocycles. The van der Waals surface area contributed by atoms with Crippen LogP contribution in [0.3, 0.4) is 0 Å². The second-order valence-corrected chi connectivity index (χ2v) is 10.1. The summed E-state index contributed by atoms with van der Waals surface area (Å²) in [6.07, 6.45) is -0.965. The number of carbonyl (C=O) groups excluding carboxylic acids is 1. The fourth-order valence-corrected chi connectivity index (χ4v) is 4.78. The number of carboxylic acid groups (broad SMARTS) is 1. The lowest BCUT2D eigenvalue weighted by Gasteiger charge is -2.38. The third kappa shape index (κ3) is 7.10. The van der Waals surface area contributed by atoms with Crippen molar-refractivity contribution in [2.45, 2.75) is 33.0 Å². The van der Waals surface area contributed by atoms with E-state index in [9.17, 15) is 31.5 Å². The number of alkyl halides is 3. The number of hydrogen-bond donors (Lipinski definition) is 2. The predicted molar refractivity (Wildman–Crippen MR) is 154 cm³/mol. The van der Waals surface area contributed by atoms with Gasteiger partial charge >= 0.3 is 12.1 Å². The first kappa shape index (κ1) is 32.3. The smallest absolute Gasteiger partial charge is 0.411 e. The highest BCUT2D eigenvalue weighted by Gasteiger charge is 2.45. The van der Waals surface area contributed by atoms with Crippen LogP contribution in [0.4, 0.5) is 27.6 Å². The number of pyridine rings is 2. The number of nitrogens with zero attached hydrogens (tertiary/aromatic N) is 3. The van der Waals surface area contributed by atoms with Gasteiger partial charge in [0.2, 0.25) is 0 Å². The number of halogens is 5. The highest BCUT2D eigenvalue weighted by atomic mass is 19.4. The SMILES string of the molecule is Cc1ccnc(-c2ccc(C)c3cccnc23)c1C.O=C(O)CNC(=O)c1c(F)cc(N2CCOCC2C(F)(F)F)cc1F. The lowest BCUT2D eigenvalue weighted by molar-refractivity contribution is -0.167. The number of benzene rings is 2. The molecule has 1 fully saturated rings. The van der Waals surface area contributed by atoms with Crippen molar-refractivity contribution in [2.75, 3.05) is 31.2 Å². The van der Waals surface area contributed by atoms with E-state index < -0.39 is 60.1 Å². The van der Waals surface area contributed by atoms with Gasteiger partial charge in [-0.05, 0) is 61.7 Å². The fraction of sp³-hybridized carbons (Fsp3) is 0.290. The molecule has 1 saturated heterocycles. The highest BCUT2D eigenvalue weighted by molar-refractivity contribution is 5.97. The molecule has 1 amide bonds. The second-order valence-electron chi connectivity index (χ2n) is 10.1. The number of amides is 1. The molecule has 13 heteroatoms. The lowest BCUT2D eigenvalue weighted by atomic mass is 9.98. The maximum absolute atomic E-state index is 14.1. The Morgan fingerprint density at radius 3 is 2.39 bits per heavy atom. The van der Waals surface area contributed by atoms with Crippen LogP contribution in [0.5, 0.6) is 0 Å². The zero-order valence-corrected chi connectivity index (χ0v) is 24.0. The topological polar surface area (TPSA) is 105 Å². The Bertz CT molecular complexity index is 1670. The third-order valence-corrected chi connectivity index (χ3v) is 7.21. The molecule has 0 aliphatic carbocycles. The molecule has 1 unspecified atom stereocenters. The molecular weight excluding hydrogens is 587 g/mol. The monoisotopic (exact) mass is 616 g/mol. The molecule has 8 nitrogen and oxygen atoms in total. The van der Waals surface area contributed by atoms with Gasteiger partial charge in [0.15, 0.2) is 0 Å². The zero-order chi connectivity index (χ0) is 32.2. The van der Waals surface area contributed by atoms with Crippen molar-refractivity contribution in [3.63, 3.8) is 0 Å². The molecular formula is C31H29F5N4O4. The first-order valence-electron chi connectivity index (χ1n) is 13.5. The Morgan fingerprint density at radius 1 is 1.02 bits per heavy atom. The van der Waals surface area contributed by atoms with E-state index in [0.29, 0.717) is 12.1 Å². The molecule has 2 aromatic heterocycles. The average molecular weight is 617 g/mol. The number of carbonyl (C=O) groups is 2. The largest absolute Gasteiger partial charge is 0.480 e.